The van der Waals surface area contributed by atoms with Crippen molar-refractivity contribution in [2.24, 2.45) is 0 Å². The van der Waals surface area contributed by atoms with E-state index in [9.17, 15) is 9.59 Å². The summed E-state index contributed by atoms with van der Waals surface area (Å²) in [4.78, 5) is 28.8. The van der Waals surface area contributed by atoms with Crippen LogP contribution in [0.15, 0.2) is 77.4 Å². The van der Waals surface area contributed by atoms with E-state index in [-0.39, 0.29) is 0 Å². The molecule has 1 atom stereocenters. The number of nitrogens with zero attached hydrogens (tertiary/aromatic N) is 1. The lowest BCUT2D eigenvalue weighted by atomic mass is 10.1. The molecule has 0 aliphatic rings. The van der Waals surface area contributed by atoms with Crippen molar-refractivity contribution in [1.29, 1.82) is 0 Å². The number of pyridine rings is 1. The predicted molar refractivity (Wildman–Crippen MR) is 111 cm³/mol. The first-order chi connectivity index (χ1) is 14.1. The number of rotatable bonds is 4. The fourth-order valence-corrected chi connectivity index (χ4v) is 2.70. The molecule has 0 saturated heterocycles. The zero-order chi connectivity index (χ0) is 20.6. The van der Waals surface area contributed by atoms with Gasteiger partial charge in [-0.25, -0.2) is 14.6 Å². The third-order valence-corrected chi connectivity index (χ3v) is 4.46. The van der Waals surface area contributed by atoms with Crippen LogP contribution < -0.4 is 0 Å². The van der Waals surface area contributed by atoms with Crippen molar-refractivity contribution in [3.8, 4) is 11.8 Å². The molecule has 0 N–H and O–H groups in total. The van der Waals surface area contributed by atoms with Gasteiger partial charge in [-0.15, -0.1) is 0 Å². The molecule has 1 unspecified atom stereocenters. The summed E-state index contributed by atoms with van der Waals surface area (Å²) < 4.78 is 11.0. The highest BCUT2D eigenvalue weighted by molar-refractivity contribution is 9.10. The fraction of sp³-hybridized carbons (Fsp3) is 0.0870. The van der Waals surface area contributed by atoms with Crippen LogP contribution in [0.2, 0.25) is 0 Å². The maximum atomic E-state index is 12.5. The molecule has 0 aliphatic heterocycles. The number of benzene rings is 2. The Morgan fingerprint density at radius 1 is 0.966 bits per heavy atom. The SMILES string of the molecule is COC(=O)C(OC(=O)c1ccc(C#Cc2ccccn2)cc1)c1ccc(Br)cc1. The maximum Gasteiger partial charge on any atom is 0.351 e. The van der Waals surface area contributed by atoms with E-state index in [1.54, 1.807) is 54.7 Å². The third-order valence-electron chi connectivity index (χ3n) is 3.93. The van der Waals surface area contributed by atoms with Crippen molar-refractivity contribution < 1.29 is 19.1 Å². The Hall–Kier alpha value is -3.43. The molecule has 6 heteroatoms. The van der Waals surface area contributed by atoms with Gasteiger partial charge in [-0.05, 0) is 54.5 Å². The van der Waals surface area contributed by atoms with E-state index < -0.39 is 18.0 Å². The van der Waals surface area contributed by atoms with Crippen LogP contribution in [0.3, 0.4) is 0 Å². The highest BCUT2D eigenvalue weighted by atomic mass is 79.9. The van der Waals surface area contributed by atoms with E-state index in [2.05, 4.69) is 32.8 Å². The van der Waals surface area contributed by atoms with E-state index in [0.717, 1.165) is 10.0 Å². The smallest absolute Gasteiger partial charge is 0.351 e. The number of esters is 2. The molecule has 0 aliphatic carbocycles. The Bertz CT molecular complexity index is 1050. The van der Waals surface area contributed by atoms with Gasteiger partial charge < -0.3 is 9.47 Å². The van der Waals surface area contributed by atoms with E-state index in [0.29, 0.717) is 16.8 Å². The van der Waals surface area contributed by atoms with Gasteiger partial charge in [0, 0.05) is 21.8 Å². The minimum atomic E-state index is -1.15. The second kappa shape index (κ2) is 9.67. The minimum absolute atomic E-state index is 0.305. The van der Waals surface area contributed by atoms with Crippen molar-refractivity contribution >= 4 is 27.9 Å². The topological polar surface area (TPSA) is 65.5 Å². The zero-order valence-corrected chi connectivity index (χ0v) is 17.0. The molecule has 0 amide bonds. The first kappa shape index (κ1) is 20.3. The number of aromatic nitrogens is 1. The van der Waals surface area contributed by atoms with Gasteiger partial charge in [-0.3, -0.25) is 0 Å². The minimum Gasteiger partial charge on any atom is -0.466 e. The van der Waals surface area contributed by atoms with Crippen LogP contribution >= 0.6 is 15.9 Å². The lowest BCUT2D eigenvalue weighted by Crippen LogP contribution is -2.21. The Balaban J connectivity index is 1.74. The summed E-state index contributed by atoms with van der Waals surface area (Å²) in [5, 5.41) is 0. The van der Waals surface area contributed by atoms with Gasteiger partial charge in [0.1, 0.15) is 5.69 Å². The molecule has 29 heavy (non-hydrogen) atoms. The lowest BCUT2D eigenvalue weighted by molar-refractivity contribution is -0.151. The van der Waals surface area contributed by atoms with Crippen molar-refractivity contribution in [3.05, 3.63) is 99.8 Å². The van der Waals surface area contributed by atoms with Gasteiger partial charge in [-0.2, -0.15) is 0 Å². The molecule has 0 radical (unpaired) electrons. The first-order valence-corrected chi connectivity index (χ1v) is 9.43. The van der Waals surface area contributed by atoms with Gasteiger partial charge in [-0.1, -0.05) is 40.0 Å². The highest BCUT2D eigenvalue weighted by Crippen LogP contribution is 2.23. The van der Waals surface area contributed by atoms with Crippen LogP contribution in [0.25, 0.3) is 0 Å². The second-order valence-electron chi connectivity index (χ2n) is 5.90. The van der Waals surface area contributed by atoms with Crippen LogP contribution in [-0.2, 0) is 14.3 Å². The molecule has 0 saturated carbocycles. The number of carbonyl (C=O) groups is 2. The zero-order valence-electron chi connectivity index (χ0n) is 15.5. The standard InChI is InChI=1S/C23H16BrNO4/c1-28-23(27)21(17-10-12-19(24)13-11-17)29-22(26)18-8-5-16(6-9-18)7-14-20-4-2-3-15-25-20/h2-6,8-13,15,21H,1H3. The van der Waals surface area contributed by atoms with E-state index in [1.165, 1.54) is 7.11 Å². The van der Waals surface area contributed by atoms with Crippen LogP contribution in [0, 0.1) is 11.8 Å². The Kier molecular flexibility index (Phi) is 6.77. The van der Waals surface area contributed by atoms with Crippen LogP contribution in [-0.4, -0.2) is 24.0 Å². The first-order valence-electron chi connectivity index (χ1n) is 8.64. The van der Waals surface area contributed by atoms with E-state index in [4.69, 9.17) is 9.47 Å². The average Bonchev–Trinajstić information content (AvgIpc) is 2.77. The number of halogens is 1. The Morgan fingerprint density at radius 3 is 2.31 bits per heavy atom. The number of hydrogen-bond acceptors (Lipinski definition) is 5. The number of ether oxygens (including phenoxy) is 2. The number of methoxy groups -OCH3 is 1. The highest BCUT2D eigenvalue weighted by Gasteiger charge is 2.26. The fourth-order valence-electron chi connectivity index (χ4n) is 2.43. The summed E-state index contributed by atoms with van der Waals surface area (Å²) in [6, 6.07) is 19.0. The maximum absolute atomic E-state index is 12.5. The number of carbonyl (C=O) groups excluding carboxylic acids is 2. The quantitative estimate of drug-likeness (QED) is 0.438. The molecule has 3 rings (SSSR count). The van der Waals surface area contributed by atoms with Crippen molar-refractivity contribution in [1.82, 2.24) is 4.98 Å². The molecule has 1 heterocycles. The molecule has 0 bridgehead atoms. The molecule has 1 aromatic heterocycles. The van der Waals surface area contributed by atoms with Gasteiger partial charge in [0.25, 0.3) is 0 Å². The summed E-state index contributed by atoms with van der Waals surface area (Å²) in [5.41, 5.74) is 2.21. The monoisotopic (exact) mass is 449 g/mol. The third kappa shape index (κ3) is 5.53. The van der Waals surface area contributed by atoms with Crippen LogP contribution in [0.1, 0.15) is 33.3 Å². The summed E-state index contributed by atoms with van der Waals surface area (Å²) in [6.45, 7) is 0. The Labute approximate surface area is 176 Å². The van der Waals surface area contributed by atoms with Gasteiger partial charge in [0.2, 0.25) is 6.10 Å². The molecular formula is C23H16BrNO4. The van der Waals surface area contributed by atoms with Crippen LogP contribution in [0.4, 0.5) is 0 Å². The van der Waals surface area contributed by atoms with Crippen molar-refractivity contribution in [3.63, 3.8) is 0 Å². The molecule has 5 nitrogen and oxygen atoms in total. The normalized spacial score (nSPS) is 11.0. The molecule has 144 valence electrons. The largest absolute Gasteiger partial charge is 0.466 e. The van der Waals surface area contributed by atoms with Gasteiger partial charge in [0.15, 0.2) is 0 Å². The van der Waals surface area contributed by atoms with Gasteiger partial charge in [0.05, 0.1) is 12.7 Å². The summed E-state index contributed by atoms with van der Waals surface area (Å²) in [6.07, 6.45) is 0.524. The van der Waals surface area contributed by atoms with E-state index >= 15 is 0 Å². The van der Waals surface area contributed by atoms with Crippen molar-refractivity contribution in [2.45, 2.75) is 6.10 Å². The predicted octanol–water partition coefficient (Wildman–Crippen LogP) is 4.32. The lowest BCUT2D eigenvalue weighted by Gasteiger charge is -2.16. The molecule has 0 fully saturated rings. The summed E-state index contributed by atoms with van der Waals surface area (Å²) >= 11 is 3.33. The summed E-state index contributed by atoms with van der Waals surface area (Å²) in [7, 11) is 1.25. The molecular weight excluding hydrogens is 434 g/mol. The average molecular weight is 450 g/mol. The summed E-state index contributed by atoms with van der Waals surface area (Å²) in [5.74, 6) is 4.65. The Morgan fingerprint density at radius 2 is 1.69 bits per heavy atom. The van der Waals surface area contributed by atoms with Gasteiger partial charge >= 0.3 is 11.9 Å². The molecule has 0 spiro atoms. The van der Waals surface area contributed by atoms with E-state index in [1.807, 2.05) is 18.2 Å². The second-order valence-corrected chi connectivity index (χ2v) is 6.82. The van der Waals surface area contributed by atoms with Crippen LogP contribution in [0.5, 0.6) is 0 Å². The molecule has 2 aromatic carbocycles. The molecule has 3 aromatic rings. The van der Waals surface area contributed by atoms with Crippen molar-refractivity contribution in [2.75, 3.05) is 7.11 Å². The number of hydrogen-bond donors (Lipinski definition) is 0.